The highest BCUT2D eigenvalue weighted by Gasteiger charge is 2.39. The molecule has 4 aliphatic rings. The summed E-state index contributed by atoms with van der Waals surface area (Å²) in [5.41, 5.74) is 4.87. The van der Waals surface area contributed by atoms with E-state index in [1.807, 2.05) is 55.8 Å². The maximum Gasteiger partial charge on any atom is 0.255 e. The summed E-state index contributed by atoms with van der Waals surface area (Å²) in [5.74, 6) is -0.655. The van der Waals surface area contributed by atoms with Crippen LogP contribution < -0.4 is 15.5 Å². The Morgan fingerprint density at radius 1 is 0.836 bits per heavy atom. The van der Waals surface area contributed by atoms with Crippen LogP contribution in [0, 0.1) is 18.6 Å². The molecule has 7 heterocycles. The van der Waals surface area contributed by atoms with Crippen LogP contribution in [0.5, 0.6) is 0 Å². The second kappa shape index (κ2) is 16.9. The first-order valence-corrected chi connectivity index (χ1v) is 21.1. The molecule has 0 aliphatic carbocycles. The molecule has 17 heteroatoms. The van der Waals surface area contributed by atoms with Crippen LogP contribution in [0.15, 0.2) is 54.9 Å². The first-order valence-electron chi connectivity index (χ1n) is 21.1. The van der Waals surface area contributed by atoms with Crippen LogP contribution in [0.3, 0.4) is 0 Å². The first kappa shape index (κ1) is 40.5. The molecule has 2 N–H and O–H groups in total. The number of amides is 3. The summed E-state index contributed by atoms with van der Waals surface area (Å²) in [6.07, 6.45) is 3.52. The molecule has 0 saturated carbocycles. The third-order valence-corrected chi connectivity index (χ3v) is 12.4. The van der Waals surface area contributed by atoms with Crippen LogP contribution in [-0.4, -0.2) is 133 Å². The Morgan fingerprint density at radius 2 is 1.57 bits per heavy atom. The molecule has 0 radical (unpaired) electrons. The Morgan fingerprint density at radius 3 is 2.28 bits per heavy atom. The molecule has 318 valence electrons. The lowest BCUT2D eigenvalue weighted by Crippen LogP contribution is -2.52. The maximum atomic E-state index is 15.1. The zero-order chi connectivity index (χ0) is 42.4. The molecule has 61 heavy (non-hydrogen) atoms. The summed E-state index contributed by atoms with van der Waals surface area (Å²) in [4.78, 5) is 66.1. The van der Waals surface area contributed by atoms with E-state index in [9.17, 15) is 14.4 Å². The number of benzene rings is 2. The van der Waals surface area contributed by atoms with E-state index in [0.717, 1.165) is 95.0 Å². The lowest BCUT2D eigenvalue weighted by atomic mass is 10.0. The molecule has 1 unspecified atom stereocenters. The molecule has 3 fully saturated rings. The number of fused-ring (bicyclic) bond motifs is 2. The molecule has 9 rings (SSSR count). The van der Waals surface area contributed by atoms with Gasteiger partial charge in [-0.15, -0.1) is 0 Å². The molecule has 0 bridgehead atoms. The number of anilines is 3. The average molecular weight is 833 g/mol. The van der Waals surface area contributed by atoms with Crippen LogP contribution in [0.25, 0.3) is 22.3 Å². The number of hydrogen-bond acceptors (Lipinski definition) is 12. The van der Waals surface area contributed by atoms with Crippen molar-refractivity contribution < 1.29 is 23.2 Å². The number of piperazine rings is 2. The Bertz CT molecular complexity index is 2480. The van der Waals surface area contributed by atoms with Crippen molar-refractivity contribution in [1.29, 1.82) is 0 Å². The molecule has 3 saturated heterocycles. The molecule has 5 aromatic rings. The number of nitrogens with zero attached hydrogens (tertiary/aromatic N) is 10. The predicted octanol–water partition coefficient (Wildman–Crippen LogP) is 4.50. The summed E-state index contributed by atoms with van der Waals surface area (Å²) in [7, 11) is 0. The molecule has 2 aromatic carbocycles. The third-order valence-electron chi connectivity index (χ3n) is 12.4. The van der Waals surface area contributed by atoms with Crippen LogP contribution >= 0.6 is 0 Å². The van der Waals surface area contributed by atoms with Crippen LogP contribution in [0.2, 0.25) is 0 Å². The molecule has 15 nitrogen and oxygen atoms in total. The zero-order valence-corrected chi connectivity index (χ0v) is 34.7. The normalized spacial score (nSPS) is 19.3. The fourth-order valence-corrected chi connectivity index (χ4v) is 9.09. The average Bonchev–Trinajstić information content (AvgIpc) is 3.77. The number of halogens is 2. The van der Waals surface area contributed by atoms with E-state index in [1.54, 1.807) is 11.0 Å². The minimum atomic E-state index is -0.657. The number of nitrogens with one attached hydrogen (secondary N) is 2. The van der Waals surface area contributed by atoms with Gasteiger partial charge in [-0.1, -0.05) is 6.07 Å². The van der Waals surface area contributed by atoms with Gasteiger partial charge in [-0.05, 0) is 74.7 Å². The van der Waals surface area contributed by atoms with Crippen molar-refractivity contribution in [3.63, 3.8) is 0 Å². The zero-order valence-electron chi connectivity index (χ0n) is 34.7. The second-order valence-corrected chi connectivity index (χ2v) is 16.7. The van der Waals surface area contributed by atoms with E-state index in [4.69, 9.17) is 0 Å². The number of rotatable bonds is 11. The van der Waals surface area contributed by atoms with Crippen LogP contribution in [-0.2, 0) is 22.7 Å². The van der Waals surface area contributed by atoms with Crippen molar-refractivity contribution in [2.75, 3.05) is 75.7 Å². The lowest BCUT2D eigenvalue weighted by Gasteiger charge is -2.39. The molecule has 3 aromatic heterocycles. The van der Waals surface area contributed by atoms with Crippen molar-refractivity contribution in [3.05, 3.63) is 89.0 Å². The highest BCUT2D eigenvalue weighted by Crippen LogP contribution is 2.32. The van der Waals surface area contributed by atoms with Crippen LogP contribution in [0.4, 0.5) is 26.2 Å². The molecular weight excluding hydrogens is 783 g/mol. The second-order valence-electron chi connectivity index (χ2n) is 16.7. The van der Waals surface area contributed by atoms with Gasteiger partial charge in [0, 0.05) is 114 Å². The smallest absolute Gasteiger partial charge is 0.255 e. The number of aryl methyl sites for hydroxylation is 1. The fourth-order valence-electron chi connectivity index (χ4n) is 9.09. The van der Waals surface area contributed by atoms with Gasteiger partial charge in [0.25, 0.3) is 5.91 Å². The number of hydrogen-bond donors (Lipinski definition) is 2. The summed E-state index contributed by atoms with van der Waals surface area (Å²) in [5, 5.41) is 5.44. The first-order chi connectivity index (χ1) is 29.5. The number of imidazole rings is 1. The summed E-state index contributed by atoms with van der Waals surface area (Å²) in [6.45, 7) is 16.7. The predicted molar refractivity (Wildman–Crippen MR) is 226 cm³/mol. The number of carbonyl (C=O) groups excluding carboxylic acids is 3. The van der Waals surface area contributed by atoms with Gasteiger partial charge in [0.1, 0.15) is 28.9 Å². The number of pyridine rings is 1. The van der Waals surface area contributed by atoms with E-state index in [1.165, 1.54) is 6.07 Å². The Balaban J connectivity index is 0.718. The minimum absolute atomic E-state index is 0.0131. The summed E-state index contributed by atoms with van der Waals surface area (Å²) < 4.78 is 32.1. The van der Waals surface area contributed by atoms with E-state index in [2.05, 4.69) is 56.2 Å². The lowest BCUT2D eigenvalue weighted by molar-refractivity contribution is -0.136. The van der Waals surface area contributed by atoms with Gasteiger partial charge in [0.05, 0.1) is 11.7 Å². The van der Waals surface area contributed by atoms with Crippen molar-refractivity contribution in [2.24, 2.45) is 0 Å². The monoisotopic (exact) mass is 832 g/mol. The van der Waals surface area contributed by atoms with Gasteiger partial charge in [-0.3, -0.25) is 34.4 Å². The van der Waals surface area contributed by atoms with Crippen molar-refractivity contribution in [2.45, 2.75) is 58.8 Å². The van der Waals surface area contributed by atoms with Gasteiger partial charge < -0.3 is 19.7 Å². The van der Waals surface area contributed by atoms with E-state index < -0.39 is 17.7 Å². The summed E-state index contributed by atoms with van der Waals surface area (Å²) in [6, 6.07) is 12.3. The van der Waals surface area contributed by atoms with Crippen LogP contribution in [0.1, 0.15) is 60.0 Å². The van der Waals surface area contributed by atoms with Gasteiger partial charge in [-0.2, -0.15) is 0 Å². The quantitative estimate of drug-likeness (QED) is 0.181. The standard InChI is InChI=1S/C44H50F2N12O3/c1-27(2)58-28(3)49-41-34(45)21-30(22-37(41)58)40-35(46)24-48-44(52-40)50-38-8-4-29(23-47-38)25-55-14-12-53(13-15-55)10-11-54-16-18-56(19-17-54)32-5-6-33-31(20-32)26-57(43(33)61)36-7-9-39(59)51-42(36)60/h4-6,8,20-24,27,36H,7,9-19,25-26H2,1-3H3,(H,51,59,60)(H,47,48,50,52). The van der Waals surface area contributed by atoms with Crippen molar-refractivity contribution in [1.82, 2.24) is 49.4 Å². The minimum Gasteiger partial charge on any atom is -0.369 e. The largest absolute Gasteiger partial charge is 0.369 e. The van der Waals surface area contributed by atoms with Crippen molar-refractivity contribution in [3.8, 4) is 11.3 Å². The molecule has 3 amide bonds. The Labute approximate surface area is 352 Å². The van der Waals surface area contributed by atoms with E-state index >= 15 is 8.78 Å². The fraction of sp³-hybridized carbons (Fsp3) is 0.432. The maximum absolute atomic E-state index is 15.1. The van der Waals surface area contributed by atoms with Gasteiger partial charge in [0.2, 0.25) is 17.8 Å². The SMILES string of the molecule is Cc1nc2c(F)cc(-c3nc(Nc4ccc(CN5CCN(CCN6CCN(c7ccc8c(c7)CN(C7CCC(=O)NC7=O)C8=O)CC6)CC5)cn4)ncc3F)cc2n1C(C)C. The van der Waals surface area contributed by atoms with E-state index in [0.29, 0.717) is 41.3 Å². The van der Waals surface area contributed by atoms with Gasteiger partial charge >= 0.3 is 0 Å². The Hall–Kier alpha value is -5.91. The van der Waals surface area contributed by atoms with Gasteiger partial charge in [0.15, 0.2) is 11.6 Å². The number of piperidine rings is 1. The topological polar surface area (TPSA) is 148 Å². The van der Waals surface area contributed by atoms with Gasteiger partial charge in [-0.25, -0.2) is 28.7 Å². The highest BCUT2D eigenvalue weighted by molar-refractivity contribution is 6.05. The number of aromatic nitrogens is 5. The molecule has 0 spiro atoms. The number of imide groups is 1. The summed E-state index contributed by atoms with van der Waals surface area (Å²) >= 11 is 0. The Kier molecular flexibility index (Phi) is 11.2. The number of carbonyl (C=O) groups is 3. The van der Waals surface area contributed by atoms with Crippen molar-refractivity contribution >= 4 is 46.2 Å². The molecule has 1 atom stereocenters. The molecule has 4 aliphatic heterocycles. The highest BCUT2D eigenvalue weighted by atomic mass is 19.1. The molecular formula is C44H50F2N12O3. The third kappa shape index (κ3) is 8.41. The van der Waals surface area contributed by atoms with E-state index in [-0.39, 0.29) is 47.3 Å².